The Morgan fingerprint density at radius 2 is 1.08 bits per heavy atom. The molecule has 0 heterocycles. The molecule has 0 aliphatic heterocycles. The minimum Gasteiger partial charge on any atom is -0.255 e. The van der Waals surface area contributed by atoms with Crippen molar-refractivity contribution in [1.82, 2.24) is 0 Å². The summed E-state index contributed by atoms with van der Waals surface area (Å²) in [4.78, 5) is 9.39. The average molecular weight is 335 g/mol. The summed E-state index contributed by atoms with van der Waals surface area (Å²) in [7, 11) is 0. The first-order valence-electron chi connectivity index (χ1n) is 9.42. The number of aryl methyl sites for hydroxylation is 4. The molecule has 0 aliphatic carbocycles. The first kappa shape index (κ1) is 19.1. The fraction of sp³-hybridized carbons (Fsp3) is 0.391. The SMILES string of the molecule is CCc1cc(CC)cc(N=CC(C)=Nc2cc(CC)cc(CC)c2)c1. The molecular formula is C23H30N2. The van der Waals surface area contributed by atoms with Gasteiger partial charge in [0.25, 0.3) is 0 Å². The Morgan fingerprint density at radius 3 is 1.48 bits per heavy atom. The van der Waals surface area contributed by atoms with E-state index in [0.717, 1.165) is 42.8 Å². The molecule has 0 bridgehead atoms. The Hall–Kier alpha value is -2.22. The number of hydrogen-bond donors (Lipinski definition) is 0. The summed E-state index contributed by atoms with van der Waals surface area (Å²) in [6.07, 6.45) is 6.01. The summed E-state index contributed by atoms with van der Waals surface area (Å²) in [6, 6.07) is 13.2. The molecule has 2 aromatic rings. The summed E-state index contributed by atoms with van der Waals surface area (Å²) in [5, 5.41) is 0. The molecule has 0 N–H and O–H groups in total. The quantitative estimate of drug-likeness (QED) is 0.521. The predicted octanol–water partition coefficient (Wildman–Crippen LogP) is 6.43. The van der Waals surface area contributed by atoms with E-state index in [2.05, 4.69) is 69.1 Å². The zero-order chi connectivity index (χ0) is 18.2. The zero-order valence-electron chi connectivity index (χ0n) is 16.3. The van der Waals surface area contributed by atoms with Crippen LogP contribution in [0.2, 0.25) is 0 Å². The highest BCUT2D eigenvalue weighted by Gasteiger charge is 2.00. The minimum atomic E-state index is 0.926. The van der Waals surface area contributed by atoms with E-state index in [0.29, 0.717) is 0 Å². The molecule has 0 unspecified atom stereocenters. The Bertz CT molecular complexity index is 725. The summed E-state index contributed by atoms with van der Waals surface area (Å²) in [6.45, 7) is 10.7. The lowest BCUT2D eigenvalue weighted by Gasteiger charge is -2.05. The van der Waals surface area contributed by atoms with E-state index in [4.69, 9.17) is 4.99 Å². The molecule has 25 heavy (non-hydrogen) atoms. The maximum atomic E-state index is 4.74. The van der Waals surface area contributed by atoms with Crippen molar-refractivity contribution in [3.05, 3.63) is 58.7 Å². The molecule has 2 heteroatoms. The molecular weight excluding hydrogens is 304 g/mol. The minimum absolute atomic E-state index is 0.926. The zero-order valence-corrected chi connectivity index (χ0v) is 16.3. The molecule has 2 nitrogen and oxygen atoms in total. The highest BCUT2D eigenvalue weighted by atomic mass is 14.8. The molecule has 0 spiro atoms. The van der Waals surface area contributed by atoms with Gasteiger partial charge in [-0.1, -0.05) is 39.8 Å². The first-order chi connectivity index (χ1) is 12.1. The van der Waals surface area contributed by atoms with Crippen molar-refractivity contribution in [2.24, 2.45) is 9.98 Å². The van der Waals surface area contributed by atoms with Gasteiger partial charge in [0.15, 0.2) is 0 Å². The first-order valence-corrected chi connectivity index (χ1v) is 9.42. The smallest absolute Gasteiger partial charge is 0.0638 e. The lowest BCUT2D eigenvalue weighted by atomic mass is 10.1. The number of hydrogen-bond acceptors (Lipinski definition) is 2. The second-order valence-electron chi connectivity index (χ2n) is 6.44. The van der Waals surface area contributed by atoms with E-state index < -0.39 is 0 Å². The van der Waals surface area contributed by atoms with E-state index in [1.807, 2.05) is 13.1 Å². The topological polar surface area (TPSA) is 24.7 Å². The Labute approximate surface area is 152 Å². The molecule has 0 radical (unpaired) electrons. The molecule has 0 aromatic heterocycles. The molecule has 0 saturated heterocycles. The van der Waals surface area contributed by atoms with Crippen LogP contribution >= 0.6 is 0 Å². The Morgan fingerprint density at radius 1 is 0.680 bits per heavy atom. The van der Waals surface area contributed by atoms with Gasteiger partial charge < -0.3 is 0 Å². The second kappa shape index (κ2) is 9.31. The molecule has 2 aromatic carbocycles. The highest BCUT2D eigenvalue weighted by Crippen LogP contribution is 2.20. The van der Waals surface area contributed by atoms with Gasteiger partial charge in [0.05, 0.1) is 17.1 Å². The van der Waals surface area contributed by atoms with Crippen molar-refractivity contribution in [2.75, 3.05) is 0 Å². The maximum Gasteiger partial charge on any atom is 0.0638 e. The maximum absolute atomic E-state index is 4.74. The van der Waals surface area contributed by atoms with Crippen LogP contribution in [-0.4, -0.2) is 11.9 Å². The summed E-state index contributed by atoms with van der Waals surface area (Å²) < 4.78 is 0. The Balaban J connectivity index is 2.25. The lowest BCUT2D eigenvalue weighted by molar-refractivity contribution is 1.08. The molecule has 132 valence electrons. The summed E-state index contributed by atoms with van der Waals surface area (Å²) >= 11 is 0. The summed E-state index contributed by atoms with van der Waals surface area (Å²) in [5.74, 6) is 0. The molecule has 0 atom stereocenters. The van der Waals surface area contributed by atoms with Crippen LogP contribution in [0.3, 0.4) is 0 Å². The van der Waals surface area contributed by atoms with Gasteiger partial charge in [0.2, 0.25) is 0 Å². The van der Waals surface area contributed by atoms with Crippen LogP contribution in [0.1, 0.15) is 56.9 Å². The van der Waals surface area contributed by atoms with Gasteiger partial charge in [-0.15, -0.1) is 0 Å². The number of benzene rings is 2. The van der Waals surface area contributed by atoms with Crippen molar-refractivity contribution in [1.29, 1.82) is 0 Å². The second-order valence-corrected chi connectivity index (χ2v) is 6.44. The van der Waals surface area contributed by atoms with Crippen LogP contribution in [0, 0.1) is 0 Å². The van der Waals surface area contributed by atoms with Gasteiger partial charge in [-0.3, -0.25) is 9.98 Å². The third-order valence-corrected chi connectivity index (χ3v) is 4.41. The molecule has 0 saturated carbocycles. The van der Waals surface area contributed by atoms with Crippen molar-refractivity contribution >= 4 is 23.3 Å². The molecule has 0 fully saturated rings. The molecule has 0 aliphatic rings. The number of nitrogens with zero attached hydrogens (tertiary/aromatic N) is 2. The third-order valence-electron chi connectivity index (χ3n) is 4.41. The standard InChI is InChI=1S/C23H30N2/c1-6-18-10-19(7-2)13-22(12-18)24-16-17(5)25-23-14-20(8-3)11-21(9-4)15-23/h10-16H,6-9H2,1-5H3. The Kier molecular flexibility index (Phi) is 7.12. The van der Waals surface area contributed by atoms with Gasteiger partial charge in [-0.25, -0.2) is 0 Å². The van der Waals surface area contributed by atoms with Crippen LogP contribution in [-0.2, 0) is 25.7 Å². The van der Waals surface area contributed by atoms with Crippen LogP contribution in [0.15, 0.2) is 46.4 Å². The predicted molar refractivity (Wildman–Crippen MR) is 111 cm³/mol. The highest BCUT2D eigenvalue weighted by molar-refractivity contribution is 6.30. The van der Waals surface area contributed by atoms with Gasteiger partial charge in [0, 0.05) is 6.21 Å². The monoisotopic (exact) mass is 334 g/mol. The van der Waals surface area contributed by atoms with Crippen LogP contribution in [0.5, 0.6) is 0 Å². The molecule has 2 rings (SSSR count). The van der Waals surface area contributed by atoms with Crippen LogP contribution in [0.25, 0.3) is 0 Å². The van der Waals surface area contributed by atoms with E-state index >= 15 is 0 Å². The van der Waals surface area contributed by atoms with Crippen molar-refractivity contribution in [3.8, 4) is 0 Å². The normalized spacial score (nSPS) is 12.1. The van der Waals surface area contributed by atoms with Gasteiger partial charge in [0.1, 0.15) is 0 Å². The number of rotatable bonds is 7. The van der Waals surface area contributed by atoms with E-state index in [1.54, 1.807) is 0 Å². The fourth-order valence-corrected chi connectivity index (χ4v) is 2.84. The summed E-state index contributed by atoms with van der Waals surface area (Å²) in [5.41, 5.74) is 8.32. The third kappa shape index (κ3) is 5.67. The van der Waals surface area contributed by atoms with Gasteiger partial charge in [-0.05, 0) is 79.1 Å². The van der Waals surface area contributed by atoms with Crippen molar-refractivity contribution in [3.63, 3.8) is 0 Å². The lowest BCUT2D eigenvalue weighted by Crippen LogP contribution is -1.93. The molecule has 0 amide bonds. The van der Waals surface area contributed by atoms with E-state index in [1.165, 1.54) is 22.3 Å². The average Bonchev–Trinajstić information content (AvgIpc) is 2.65. The van der Waals surface area contributed by atoms with Gasteiger partial charge >= 0.3 is 0 Å². The van der Waals surface area contributed by atoms with E-state index in [-0.39, 0.29) is 0 Å². The van der Waals surface area contributed by atoms with Crippen molar-refractivity contribution in [2.45, 2.75) is 60.3 Å². The van der Waals surface area contributed by atoms with Gasteiger partial charge in [-0.2, -0.15) is 0 Å². The largest absolute Gasteiger partial charge is 0.255 e. The fourth-order valence-electron chi connectivity index (χ4n) is 2.84. The van der Waals surface area contributed by atoms with Crippen LogP contribution in [0.4, 0.5) is 11.4 Å². The van der Waals surface area contributed by atoms with Crippen molar-refractivity contribution < 1.29 is 0 Å². The van der Waals surface area contributed by atoms with E-state index in [9.17, 15) is 0 Å². The van der Waals surface area contributed by atoms with Crippen LogP contribution < -0.4 is 0 Å². The number of aliphatic imine (C=N–C) groups is 2.